The number of carbonyl (C=O) groups is 1. The van der Waals surface area contributed by atoms with E-state index < -0.39 is 12.2 Å². The quantitative estimate of drug-likeness (QED) is 0.721. The van der Waals surface area contributed by atoms with Crippen LogP contribution in [0.4, 0.5) is 0 Å². The number of carbonyl (C=O) groups excluding carboxylic acids is 1. The molecule has 88 valence electrons. The fourth-order valence-corrected chi connectivity index (χ4v) is 1.48. The zero-order valence-electron chi connectivity index (χ0n) is 9.47. The minimum atomic E-state index is -1.01. The van der Waals surface area contributed by atoms with Gasteiger partial charge in [-0.15, -0.1) is 0 Å². The van der Waals surface area contributed by atoms with Gasteiger partial charge in [0.25, 0.3) is 0 Å². The predicted molar refractivity (Wildman–Crippen MR) is 62.3 cm³/mol. The molecule has 16 heavy (non-hydrogen) atoms. The molecule has 0 saturated carbocycles. The molecule has 3 heteroatoms. The normalized spacial score (nSPS) is 14.4. The van der Waals surface area contributed by atoms with Crippen molar-refractivity contribution in [3.8, 4) is 0 Å². The van der Waals surface area contributed by atoms with Crippen molar-refractivity contribution in [3.63, 3.8) is 0 Å². The molecule has 3 nitrogen and oxygen atoms in total. The van der Waals surface area contributed by atoms with Crippen LogP contribution in [-0.2, 0) is 0 Å². The first-order chi connectivity index (χ1) is 7.65. The van der Waals surface area contributed by atoms with Crippen LogP contribution in [0.5, 0.6) is 0 Å². The highest BCUT2D eigenvalue weighted by Gasteiger charge is 2.17. The molecule has 0 radical (unpaired) electrons. The largest absolute Gasteiger partial charge is 0.393 e. The molecular weight excluding hydrogens is 204 g/mol. The Morgan fingerprint density at radius 1 is 1.19 bits per heavy atom. The van der Waals surface area contributed by atoms with Crippen LogP contribution >= 0.6 is 0 Å². The summed E-state index contributed by atoms with van der Waals surface area (Å²) in [5.74, 6) is -0.274. The van der Waals surface area contributed by atoms with Gasteiger partial charge in [-0.25, -0.2) is 0 Å². The molecule has 1 aromatic carbocycles. The Balaban J connectivity index is 2.49. The van der Waals surface area contributed by atoms with Crippen LogP contribution in [0.25, 0.3) is 0 Å². The smallest absolute Gasteiger partial charge is 0.191 e. The summed E-state index contributed by atoms with van der Waals surface area (Å²) < 4.78 is 0. The highest BCUT2D eigenvalue weighted by Crippen LogP contribution is 2.10. The average molecular weight is 222 g/mol. The number of hydrogen-bond acceptors (Lipinski definition) is 3. The number of hydrogen-bond donors (Lipinski definition) is 2. The van der Waals surface area contributed by atoms with Gasteiger partial charge in [-0.2, -0.15) is 0 Å². The van der Waals surface area contributed by atoms with Crippen LogP contribution < -0.4 is 0 Å². The third-order valence-corrected chi connectivity index (χ3v) is 2.61. The summed E-state index contributed by atoms with van der Waals surface area (Å²) in [4.78, 5) is 11.7. The van der Waals surface area contributed by atoms with Crippen LogP contribution in [0.2, 0.25) is 0 Å². The van der Waals surface area contributed by atoms with Crippen molar-refractivity contribution in [1.82, 2.24) is 0 Å². The van der Waals surface area contributed by atoms with E-state index in [0.717, 1.165) is 0 Å². The molecule has 2 atom stereocenters. The van der Waals surface area contributed by atoms with E-state index in [2.05, 4.69) is 0 Å². The number of benzene rings is 1. The minimum absolute atomic E-state index is 0.274. The summed E-state index contributed by atoms with van der Waals surface area (Å²) in [6, 6.07) is 8.72. The molecule has 0 aliphatic carbocycles. The standard InChI is InChI=1S/C13H18O3/c1-2-11(14)8-9-12(15)13(16)10-6-4-3-5-7-10/h3-7,11-12,14-15H,2,8-9H2,1H3. The lowest BCUT2D eigenvalue weighted by molar-refractivity contribution is 0.0675. The highest BCUT2D eigenvalue weighted by atomic mass is 16.3. The molecule has 0 aliphatic heterocycles. The summed E-state index contributed by atoms with van der Waals surface area (Å²) in [6.07, 6.45) is -0.0348. The van der Waals surface area contributed by atoms with Crippen molar-refractivity contribution in [2.45, 2.75) is 38.4 Å². The maximum absolute atomic E-state index is 11.7. The second-order valence-corrected chi connectivity index (χ2v) is 3.89. The topological polar surface area (TPSA) is 57.5 Å². The third kappa shape index (κ3) is 3.76. The van der Waals surface area contributed by atoms with E-state index >= 15 is 0 Å². The maximum atomic E-state index is 11.7. The van der Waals surface area contributed by atoms with Crippen molar-refractivity contribution in [2.75, 3.05) is 0 Å². The SMILES string of the molecule is CCC(O)CCC(O)C(=O)c1ccccc1. The van der Waals surface area contributed by atoms with Gasteiger partial charge in [-0.3, -0.25) is 4.79 Å². The first kappa shape index (κ1) is 12.9. The van der Waals surface area contributed by atoms with Crippen LogP contribution in [0, 0.1) is 0 Å². The molecule has 0 amide bonds. The van der Waals surface area contributed by atoms with Gasteiger partial charge in [0.05, 0.1) is 6.10 Å². The van der Waals surface area contributed by atoms with Crippen molar-refractivity contribution in [2.24, 2.45) is 0 Å². The molecule has 0 bridgehead atoms. The van der Waals surface area contributed by atoms with E-state index in [9.17, 15) is 15.0 Å². The fourth-order valence-electron chi connectivity index (χ4n) is 1.48. The van der Waals surface area contributed by atoms with Crippen LogP contribution in [0.1, 0.15) is 36.5 Å². The Hall–Kier alpha value is -1.19. The van der Waals surface area contributed by atoms with E-state index in [1.165, 1.54) is 0 Å². The lowest BCUT2D eigenvalue weighted by Crippen LogP contribution is -2.22. The molecule has 0 saturated heterocycles. The highest BCUT2D eigenvalue weighted by molar-refractivity contribution is 5.99. The molecule has 0 fully saturated rings. The summed E-state index contributed by atoms with van der Waals surface area (Å²) in [6.45, 7) is 1.87. The second kappa shape index (κ2) is 6.40. The Bertz CT molecular complexity index is 321. The number of ketones is 1. The van der Waals surface area contributed by atoms with Gasteiger partial charge < -0.3 is 10.2 Å². The molecule has 2 unspecified atom stereocenters. The Morgan fingerprint density at radius 3 is 2.38 bits per heavy atom. The first-order valence-corrected chi connectivity index (χ1v) is 5.60. The molecule has 0 aliphatic rings. The molecule has 0 spiro atoms. The lowest BCUT2D eigenvalue weighted by atomic mass is 10.0. The maximum Gasteiger partial charge on any atom is 0.191 e. The predicted octanol–water partition coefficient (Wildman–Crippen LogP) is 1.78. The molecule has 0 aromatic heterocycles. The third-order valence-electron chi connectivity index (χ3n) is 2.61. The molecule has 2 N–H and O–H groups in total. The van der Waals surface area contributed by atoms with E-state index in [4.69, 9.17) is 0 Å². The lowest BCUT2D eigenvalue weighted by Gasteiger charge is -2.12. The van der Waals surface area contributed by atoms with Crippen LogP contribution in [0.15, 0.2) is 30.3 Å². The molecular formula is C13H18O3. The Labute approximate surface area is 95.7 Å². The van der Waals surface area contributed by atoms with Crippen molar-refractivity contribution in [1.29, 1.82) is 0 Å². The molecule has 1 aromatic rings. The summed E-state index contributed by atoms with van der Waals surface area (Å²) in [5, 5.41) is 19.0. The van der Waals surface area contributed by atoms with Crippen molar-refractivity contribution < 1.29 is 15.0 Å². The number of aliphatic hydroxyl groups is 2. The van der Waals surface area contributed by atoms with Gasteiger partial charge in [-0.05, 0) is 19.3 Å². The molecule has 1 rings (SSSR count). The van der Waals surface area contributed by atoms with E-state index in [1.807, 2.05) is 13.0 Å². The number of rotatable bonds is 6. The van der Waals surface area contributed by atoms with Gasteiger partial charge >= 0.3 is 0 Å². The number of Topliss-reactive ketones (excluding diaryl/α,β-unsaturated/α-hetero) is 1. The summed E-state index contributed by atoms with van der Waals surface area (Å²) in [7, 11) is 0. The van der Waals surface area contributed by atoms with Gasteiger partial charge in [-0.1, -0.05) is 37.3 Å². The van der Waals surface area contributed by atoms with Gasteiger partial charge in [0.1, 0.15) is 6.10 Å². The number of aliphatic hydroxyl groups excluding tert-OH is 2. The van der Waals surface area contributed by atoms with Gasteiger partial charge in [0.2, 0.25) is 0 Å². The van der Waals surface area contributed by atoms with E-state index in [-0.39, 0.29) is 5.78 Å². The van der Waals surface area contributed by atoms with Crippen molar-refractivity contribution >= 4 is 5.78 Å². The Kier molecular flexibility index (Phi) is 5.15. The van der Waals surface area contributed by atoms with E-state index in [0.29, 0.717) is 24.8 Å². The average Bonchev–Trinajstić information content (AvgIpc) is 2.35. The van der Waals surface area contributed by atoms with Gasteiger partial charge in [0, 0.05) is 5.56 Å². The van der Waals surface area contributed by atoms with Crippen molar-refractivity contribution in [3.05, 3.63) is 35.9 Å². The van der Waals surface area contributed by atoms with Crippen LogP contribution in [-0.4, -0.2) is 28.2 Å². The zero-order chi connectivity index (χ0) is 12.0. The zero-order valence-corrected chi connectivity index (χ0v) is 9.47. The van der Waals surface area contributed by atoms with E-state index in [1.54, 1.807) is 24.3 Å². The molecule has 0 heterocycles. The van der Waals surface area contributed by atoms with Crippen LogP contribution in [0.3, 0.4) is 0 Å². The Morgan fingerprint density at radius 2 is 1.81 bits per heavy atom. The monoisotopic (exact) mass is 222 g/mol. The fraction of sp³-hybridized carbons (Fsp3) is 0.462. The summed E-state index contributed by atoms with van der Waals surface area (Å²) in [5.41, 5.74) is 0.515. The first-order valence-electron chi connectivity index (χ1n) is 5.60. The second-order valence-electron chi connectivity index (χ2n) is 3.89. The van der Waals surface area contributed by atoms with Gasteiger partial charge in [0.15, 0.2) is 5.78 Å². The minimum Gasteiger partial charge on any atom is -0.393 e. The summed E-state index contributed by atoms with van der Waals surface area (Å²) >= 11 is 0.